The van der Waals surface area contributed by atoms with E-state index in [0.29, 0.717) is 19.7 Å². The van der Waals surface area contributed by atoms with Crippen LogP contribution in [0.5, 0.6) is 0 Å². The molecule has 6 nitrogen and oxygen atoms in total. The van der Waals surface area contributed by atoms with Crippen LogP contribution in [0.15, 0.2) is 30.5 Å². The van der Waals surface area contributed by atoms with Crippen molar-refractivity contribution in [2.75, 3.05) is 26.2 Å². The minimum atomic E-state index is -0.369. The molecule has 138 valence electrons. The Labute approximate surface area is 154 Å². The molecule has 4 rings (SSSR count). The van der Waals surface area contributed by atoms with Gasteiger partial charge in [0, 0.05) is 51.0 Å². The summed E-state index contributed by atoms with van der Waals surface area (Å²) in [5, 5.41) is 4.31. The van der Waals surface area contributed by atoms with E-state index in [1.165, 1.54) is 22.4 Å². The summed E-state index contributed by atoms with van der Waals surface area (Å²) in [4.78, 5) is 17.2. The third-order valence-corrected chi connectivity index (χ3v) is 5.60. The van der Waals surface area contributed by atoms with Crippen molar-refractivity contribution in [1.29, 1.82) is 0 Å². The maximum absolute atomic E-state index is 13.0. The second kappa shape index (κ2) is 7.21. The van der Waals surface area contributed by atoms with Crippen molar-refractivity contribution in [3.8, 4) is 0 Å². The Balaban J connectivity index is 1.40. The van der Waals surface area contributed by atoms with E-state index < -0.39 is 0 Å². The highest BCUT2D eigenvalue weighted by molar-refractivity contribution is 5.81. The van der Waals surface area contributed by atoms with Gasteiger partial charge < -0.3 is 9.64 Å². The van der Waals surface area contributed by atoms with Crippen molar-refractivity contribution in [2.45, 2.75) is 32.5 Å². The number of fused-ring (bicyclic) bond motifs is 1. The van der Waals surface area contributed by atoms with E-state index in [9.17, 15) is 4.79 Å². The van der Waals surface area contributed by atoms with E-state index in [1.54, 1.807) is 0 Å². The van der Waals surface area contributed by atoms with Crippen molar-refractivity contribution in [3.05, 3.63) is 52.8 Å². The monoisotopic (exact) mass is 354 g/mol. The summed E-state index contributed by atoms with van der Waals surface area (Å²) in [5.74, 6) is 0.118. The molecule has 26 heavy (non-hydrogen) atoms. The van der Waals surface area contributed by atoms with Crippen LogP contribution in [0.4, 0.5) is 0 Å². The Kier molecular flexibility index (Phi) is 4.78. The highest BCUT2D eigenvalue weighted by Gasteiger charge is 2.32. The normalized spacial score (nSPS) is 20.8. The second-order valence-electron chi connectivity index (χ2n) is 7.25. The van der Waals surface area contributed by atoms with E-state index >= 15 is 0 Å². The summed E-state index contributed by atoms with van der Waals surface area (Å²) >= 11 is 0. The molecule has 1 saturated heterocycles. The van der Waals surface area contributed by atoms with Gasteiger partial charge in [0.2, 0.25) is 0 Å². The van der Waals surface area contributed by atoms with Gasteiger partial charge in [-0.15, -0.1) is 0 Å². The number of nitrogens with zero attached hydrogens (tertiary/aromatic N) is 4. The Morgan fingerprint density at radius 2 is 2.08 bits per heavy atom. The van der Waals surface area contributed by atoms with Gasteiger partial charge in [0.15, 0.2) is 0 Å². The molecule has 3 heterocycles. The first-order chi connectivity index (χ1) is 12.6. The maximum atomic E-state index is 13.0. The molecule has 6 heteroatoms. The van der Waals surface area contributed by atoms with Crippen LogP contribution < -0.4 is 0 Å². The summed E-state index contributed by atoms with van der Waals surface area (Å²) < 4.78 is 7.72. The third kappa shape index (κ3) is 3.39. The van der Waals surface area contributed by atoms with Gasteiger partial charge in [-0.05, 0) is 24.5 Å². The molecule has 1 fully saturated rings. The smallest absolute Gasteiger partial charge is 0.253 e. The van der Waals surface area contributed by atoms with E-state index in [2.05, 4.69) is 35.1 Å². The standard InChI is InChI=1S/C20H26N4O2/c1-15-18(11-21-22(15)2)12-23-9-10-26-19(14-23)20(25)24-8-7-16-5-3-4-6-17(16)13-24/h3-6,11,19H,7-10,12-14H2,1-2H3. The Bertz CT molecular complexity index is 801. The molecule has 1 atom stereocenters. The quantitative estimate of drug-likeness (QED) is 0.839. The summed E-state index contributed by atoms with van der Waals surface area (Å²) in [6.45, 7) is 6.45. The molecule has 0 saturated carbocycles. The molecule has 1 unspecified atom stereocenters. The fourth-order valence-electron chi connectivity index (χ4n) is 3.82. The number of carbonyl (C=O) groups excluding carboxylic acids is 1. The predicted molar refractivity (Wildman–Crippen MR) is 98.5 cm³/mol. The number of hydrogen-bond donors (Lipinski definition) is 0. The molecule has 2 aromatic rings. The maximum Gasteiger partial charge on any atom is 0.253 e. The van der Waals surface area contributed by atoms with Crippen LogP contribution in [0.2, 0.25) is 0 Å². The highest BCUT2D eigenvalue weighted by Crippen LogP contribution is 2.21. The van der Waals surface area contributed by atoms with E-state index in [1.807, 2.05) is 28.9 Å². The van der Waals surface area contributed by atoms with Crippen LogP contribution >= 0.6 is 0 Å². The van der Waals surface area contributed by atoms with Crippen LogP contribution in [0.3, 0.4) is 0 Å². The van der Waals surface area contributed by atoms with Crippen LogP contribution in [0, 0.1) is 6.92 Å². The summed E-state index contributed by atoms with van der Waals surface area (Å²) in [5.41, 5.74) is 5.00. The lowest BCUT2D eigenvalue weighted by Gasteiger charge is -2.36. The Morgan fingerprint density at radius 3 is 2.85 bits per heavy atom. The number of hydrogen-bond acceptors (Lipinski definition) is 4. The van der Waals surface area contributed by atoms with Gasteiger partial charge in [0.05, 0.1) is 12.8 Å². The number of carbonyl (C=O) groups is 1. The molecular formula is C20H26N4O2. The number of aryl methyl sites for hydroxylation is 1. The first-order valence-electron chi connectivity index (χ1n) is 9.29. The molecule has 0 N–H and O–H groups in total. The molecular weight excluding hydrogens is 328 g/mol. The number of ether oxygens (including phenoxy) is 1. The average Bonchev–Trinajstić information content (AvgIpc) is 2.99. The number of benzene rings is 1. The molecule has 1 aromatic heterocycles. The van der Waals surface area contributed by atoms with Gasteiger partial charge in [-0.2, -0.15) is 5.10 Å². The molecule has 0 spiro atoms. The topological polar surface area (TPSA) is 50.6 Å². The minimum Gasteiger partial charge on any atom is -0.366 e. The van der Waals surface area contributed by atoms with Crippen LogP contribution in [-0.2, 0) is 36.1 Å². The highest BCUT2D eigenvalue weighted by atomic mass is 16.5. The van der Waals surface area contributed by atoms with Crippen LogP contribution in [-0.4, -0.2) is 57.8 Å². The van der Waals surface area contributed by atoms with Crippen molar-refractivity contribution in [1.82, 2.24) is 19.6 Å². The minimum absolute atomic E-state index is 0.118. The van der Waals surface area contributed by atoms with Gasteiger partial charge in [0.25, 0.3) is 5.91 Å². The molecule has 1 amide bonds. The molecule has 0 aliphatic carbocycles. The summed E-state index contributed by atoms with van der Waals surface area (Å²) in [7, 11) is 1.96. The second-order valence-corrected chi connectivity index (χ2v) is 7.25. The lowest BCUT2D eigenvalue weighted by molar-refractivity contribution is -0.150. The zero-order valence-electron chi connectivity index (χ0n) is 15.5. The Morgan fingerprint density at radius 1 is 1.27 bits per heavy atom. The fraction of sp³-hybridized carbons (Fsp3) is 0.500. The first kappa shape index (κ1) is 17.2. The largest absolute Gasteiger partial charge is 0.366 e. The average molecular weight is 354 g/mol. The van der Waals surface area contributed by atoms with Crippen molar-refractivity contribution in [3.63, 3.8) is 0 Å². The van der Waals surface area contributed by atoms with Crippen LogP contribution in [0.25, 0.3) is 0 Å². The van der Waals surface area contributed by atoms with Crippen molar-refractivity contribution in [2.24, 2.45) is 7.05 Å². The van der Waals surface area contributed by atoms with Gasteiger partial charge in [-0.1, -0.05) is 24.3 Å². The molecule has 0 bridgehead atoms. The van der Waals surface area contributed by atoms with Gasteiger partial charge in [-0.3, -0.25) is 14.4 Å². The van der Waals surface area contributed by atoms with E-state index in [-0.39, 0.29) is 12.0 Å². The number of morpholine rings is 1. The van der Waals surface area contributed by atoms with Gasteiger partial charge >= 0.3 is 0 Å². The zero-order chi connectivity index (χ0) is 18.1. The van der Waals surface area contributed by atoms with E-state index in [0.717, 1.165) is 26.1 Å². The van der Waals surface area contributed by atoms with Gasteiger partial charge in [0.1, 0.15) is 6.10 Å². The van der Waals surface area contributed by atoms with Crippen molar-refractivity contribution >= 4 is 5.91 Å². The lowest BCUT2D eigenvalue weighted by atomic mass is 9.99. The zero-order valence-corrected chi connectivity index (χ0v) is 15.5. The number of aromatic nitrogens is 2. The number of rotatable bonds is 3. The molecule has 2 aliphatic rings. The van der Waals surface area contributed by atoms with Gasteiger partial charge in [-0.25, -0.2) is 0 Å². The first-order valence-corrected chi connectivity index (χ1v) is 9.29. The molecule has 2 aliphatic heterocycles. The Hall–Kier alpha value is -2.18. The van der Waals surface area contributed by atoms with Crippen LogP contribution in [0.1, 0.15) is 22.4 Å². The van der Waals surface area contributed by atoms with E-state index in [4.69, 9.17) is 4.74 Å². The third-order valence-electron chi connectivity index (χ3n) is 5.60. The molecule has 0 radical (unpaired) electrons. The fourth-order valence-corrected chi connectivity index (χ4v) is 3.82. The summed E-state index contributed by atoms with van der Waals surface area (Å²) in [6, 6.07) is 8.39. The van der Waals surface area contributed by atoms with Crippen molar-refractivity contribution < 1.29 is 9.53 Å². The lowest BCUT2D eigenvalue weighted by Crippen LogP contribution is -2.51. The summed E-state index contributed by atoms with van der Waals surface area (Å²) in [6.07, 6.45) is 2.47. The number of amides is 1. The SMILES string of the molecule is Cc1c(CN2CCOC(C(=O)N3CCc4ccccc4C3)C2)cnn1C. The molecule has 1 aromatic carbocycles. The predicted octanol–water partition coefficient (Wildman–Crippen LogP) is 1.51.